The van der Waals surface area contributed by atoms with Crippen molar-refractivity contribution in [2.24, 2.45) is 0 Å². The van der Waals surface area contributed by atoms with E-state index < -0.39 is 15.8 Å². The Labute approximate surface area is 151 Å². The van der Waals surface area contributed by atoms with Gasteiger partial charge in [-0.2, -0.15) is 0 Å². The molecule has 1 aliphatic rings. The van der Waals surface area contributed by atoms with Crippen LogP contribution in [0.1, 0.15) is 39.0 Å². The number of sulfonamides is 1. The Kier molecular flexibility index (Phi) is 5.47. The van der Waals surface area contributed by atoms with Crippen molar-refractivity contribution >= 4 is 27.0 Å². The predicted molar refractivity (Wildman–Crippen MR) is 96.4 cm³/mol. The summed E-state index contributed by atoms with van der Waals surface area (Å²) in [6, 6.07) is 4.34. The summed E-state index contributed by atoms with van der Waals surface area (Å²) in [5.41, 5.74) is 0.734. The molecule has 0 saturated heterocycles. The van der Waals surface area contributed by atoms with E-state index >= 15 is 0 Å². The zero-order valence-electron chi connectivity index (χ0n) is 14.7. The Morgan fingerprint density at radius 2 is 2.00 bits per heavy atom. The molecule has 0 unspecified atom stereocenters. The van der Waals surface area contributed by atoms with Gasteiger partial charge in [0, 0.05) is 18.7 Å². The van der Waals surface area contributed by atoms with Gasteiger partial charge < -0.3 is 9.73 Å². The summed E-state index contributed by atoms with van der Waals surface area (Å²) in [4.78, 5) is 23.7. The van der Waals surface area contributed by atoms with E-state index in [0.29, 0.717) is 12.1 Å². The van der Waals surface area contributed by atoms with E-state index in [1.165, 1.54) is 29.2 Å². The summed E-state index contributed by atoms with van der Waals surface area (Å²) in [6.45, 7) is 1.90. The molecule has 1 heterocycles. The first kappa shape index (κ1) is 18.7. The van der Waals surface area contributed by atoms with E-state index in [1.54, 1.807) is 6.92 Å². The van der Waals surface area contributed by atoms with Gasteiger partial charge in [0.05, 0.1) is 17.0 Å². The molecule has 1 amide bonds. The van der Waals surface area contributed by atoms with Crippen molar-refractivity contribution in [3.8, 4) is 0 Å². The minimum atomic E-state index is -3.88. The highest BCUT2D eigenvalue weighted by Crippen LogP contribution is 2.19. The first-order chi connectivity index (χ1) is 12.4. The van der Waals surface area contributed by atoms with Crippen LogP contribution in [0, 0.1) is 0 Å². The molecular weight excluding hydrogens is 358 g/mol. The molecule has 1 saturated carbocycles. The van der Waals surface area contributed by atoms with Crippen molar-refractivity contribution in [1.29, 1.82) is 0 Å². The van der Waals surface area contributed by atoms with Crippen LogP contribution in [0.25, 0.3) is 11.1 Å². The second-order valence-corrected chi connectivity index (χ2v) is 8.24. The van der Waals surface area contributed by atoms with E-state index in [2.05, 4.69) is 10.0 Å². The van der Waals surface area contributed by atoms with Gasteiger partial charge in [-0.1, -0.05) is 19.3 Å². The Morgan fingerprint density at radius 1 is 1.27 bits per heavy atom. The molecule has 0 radical (unpaired) electrons. The second kappa shape index (κ2) is 7.63. The Hall–Kier alpha value is -2.13. The smallest absolute Gasteiger partial charge is 0.408 e. The van der Waals surface area contributed by atoms with Crippen molar-refractivity contribution in [2.45, 2.75) is 56.5 Å². The number of nitrogens with zero attached hydrogens (tertiary/aromatic N) is 1. The van der Waals surface area contributed by atoms with Gasteiger partial charge in [0.2, 0.25) is 15.9 Å². The van der Waals surface area contributed by atoms with Crippen molar-refractivity contribution in [1.82, 2.24) is 14.6 Å². The number of hydrogen-bond acceptors (Lipinski definition) is 5. The molecule has 2 N–H and O–H groups in total. The van der Waals surface area contributed by atoms with E-state index in [-0.39, 0.29) is 29.0 Å². The summed E-state index contributed by atoms with van der Waals surface area (Å²) in [7, 11) is -3.88. The Balaban J connectivity index is 1.68. The number of hydrogen-bond donors (Lipinski definition) is 2. The third-order valence-corrected chi connectivity index (χ3v) is 6.06. The standard InChI is InChI=1S/C17H23N3O5S/c1-2-20-14-9-8-13(10-15(14)25-17(20)22)26(23,24)18-11-16(21)19-12-6-4-3-5-7-12/h8-10,12,18H,2-7,11H2,1H3,(H,19,21). The number of carbonyl (C=O) groups is 1. The molecular formula is C17H23N3O5S. The molecule has 1 fully saturated rings. The number of nitrogens with one attached hydrogen (secondary N) is 2. The maximum Gasteiger partial charge on any atom is 0.419 e. The highest BCUT2D eigenvalue weighted by atomic mass is 32.2. The van der Waals surface area contributed by atoms with E-state index in [0.717, 1.165) is 25.7 Å². The lowest BCUT2D eigenvalue weighted by atomic mass is 9.95. The fourth-order valence-electron chi connectivity index (χ4n) is 3.28. The molecule has 0 bridgehead atoms. The van der Waals surface area contributed by atoms with Gasteiger partial charge in [0.15, 0.2) is 5.58 Å². The van der Waals surface area contributed by atoms with E-state index in [4.69, 9.17) is 4.42 Å². The molecule has 142 valence electrons. The quantitative estimate of drug-likeness (QED) is 0.785. The van der Waals surface area contributed by atoms with Gasteiger partial charge in [0.25, 0.3) is 0 Å². The summed E-state index contributed by atoms with van der Waals surface area (Å²) in [6.07, 6.45) is 5.21. The maximum absolute atomic E-state index is 12.4. The predicted octanol–water partition coefficient (Wildman–Crippen LogP) is 1.34. The largest absolute Gasteiger partial charge is 0.419 e. The van der Waals surface area contributed by atoms with Gasteiger partial charge in [-0.25, -0.2) is 17.9 Å². The van der Waals surface area contributed by atoms with Gasteiger partial charge in [-0.05, 0) is 31.9 Å². The van der Waals surface area contributed by atoms with Crippen molar-refractivity contribution in [3.05, 3.63) is 28.7 Å². The number of oxazole rings is 1. The number of aryl methyl sites for hydroxylation is 1. The SMILES string of the molecule is CCn1c(=O)oc2cc(S(=O)(=O)NCC(=O)NC3CCCCC3)ccc21. The molecule has 1 aromatic carbocycles. The fourth-order valence-corrected chi connectivity index (χ4v) is 4.28. The number of carbonyl (C=O) groups excluding carboxylic acids is 1. The third-order valence-electron chi connectivity index (χ3n) is 4.66. The highest BCUT2D eigenvalue weighted by molar-refractivity contribution is 7.89. The highest BCUT2D eigenvalue weighted by Gasteiger charge is 2.20. The maximum atomic E-state index is 12.4. The molecule has 0 aliphatic heterocycles. The van der Waals surface area contributed by atoms with Gasteiger partial charge in [-0.15, -0.1) is 0 Å². The second-order valence-electron chi connectivity index (χ2n) is 6.47. The summed E-state index contributed by atoms with van der Waals surface area (Å²) < 4.78 is 33.6. The Morgan fingerprint density at radius 3 is 2.69 bits per heavy atom. The molecule has 26 heavy (non-hydrogen) atoms. The number of aromatic nitrogens is 1. The molecule has 0 spiro atoms. The molecule has 1 aliphatic carbocycles. The van der Waals surface area contributed by atoms with E-state index in [9.17, 15) is 18.0 Å². The average Bonchev–Trinajstić information content (AvgIpc) is 2.95. The third kappa shape index (κ3) is 3.99. The zero-order chi connectivity index (χ0) is 18.7. The van der Waals surface area contributed by atoms with Crippen LogP contribution in [0.2, 0.25) is 0 Å². The minimum absolute atomic E-state index is 0.0486. The number of amides is 1. The van der Waals surface area contributed by atoms with Crippen LogP contribution in [-0.4, -0.2) is 31.5 Å². The average molecular weight is 381 g/mol. The van der Waals surface area contributed by atoms with Crippen LogP contribution < -0.4 is 15.8 Å². The van der Waals surface area contributed by atoms with Gasteiger partial charge in [0.1, 0.15) is 0 Å². The van der Waals surface area contributed by atoms with E-state index in [1.807, 2.05) is 0 Å². The lowest BCUT2D eigenvalue weighted by Crippen LogP contribution is -2.42. The topological polar surface area (TPSA) is 110 Å². The first-order valence-corrected chi connectivity index (χ1v) is 10.3. The first-order valence-electron chi connectivity index (χ1n) is 8.83. The number of fused-ring (bicyclic) bond motifs is 1. The van der Waals surface area contributed by atoms with Crippen molar-refractivity contribution in [2.75, 3.05) is 6.54 Å². The molecule has 3 rings (SSSR count). The number of rotatable bonds is 6. The fraction of sp³-hybridized carbons (Fsp3) is 0.529. The number of benzene rings is 1. The van der Waals surface area contributed by atoms with Crippen LogP contribution >= 0.6 is 0 Å². The molecule has 1 aromatic heterocycles. The lowest BCUT2D eigenvalue weighted by Gasteiger charge is -2.22. The van der Waals surface area contributed by atoms with Crippen molar-refractivity contribution in [3.63, 3.8) is 0 Å². The van der Waals surface area contributed by atoms with Gasteiger partial charge in [-0.3, -0.25) is 9.36 Å². The molecule has 9 heteroatoms. The normalized spacial score (nSPS) is 16.0. The van der Waals surface area contributed by atoms with Crippen molar-refractivity contribution < 1.29 is 17.6 Å². The molecule has 8 nitrogen and oxygen atoms in total. The lowest BCUT2D eigenvalue weighted by molar-refractivity contribution is -0.120. The zero-order valence-corrected chi connectivity index (χ0v) is 15.5. The van der Waals surface area contributed by atoms with Crippen LogP contribution in [0.3, 0.4) is 0 Å². The minimum Gasteiger partial charge on any atom is -0.408 e. The Bertz CT molecular complexity index is 954. The summed E-state index contributed by atoms with van der Waals surface area (Å²) in [5, 5.41) is 2.86. The van der Waals surface area contributed by atoms with Crippen LogP contribution in [0.15, 0.2) is 32.3 Å². The monoisotopic (exact) mass is 381 g/mol. The van der Waals surface area contributed by atoms with Crippen LogP contribution in [-0.2, 0) is 21.4 Å². The molecule has 0 atom stereocenters. The van der Waals surface area contributed by atoms with Gasteiger partial charge >= 0.3 is 5.76 Å². The molecule has 2 aromatic rings. The van der Waals surface area contributed by atoms with Crippen LogP contribution in [0.4, 0.5) is 0 Å². The van der Waals surface area contributed by atoms with Crippen LogP contribution in [0.5, 0.6) is 0 Å². The summed E-state index contributed by atoms with van der Waals surface area (Å²) >= 11 is 0. The summed E-state index contributed by atoms with van der Waals surface area (Å²) in [5.74, 6) is -0.873.